The summed E-state index contributed by atoms with van der Waals surface area (Å²) in [5, 5.41) is -0.444. The second-order valence-electron chi connectivity index (χ2n) is 5.08. The Kier molecular flexibility index (Phi) is 4.82. The van der Waals surface area contributed by atoms with Gasteiger partial charge in [0.25, 0.3) is 0 Å². The zero-order valence-corrected chi connectivity index (χ0v) is 12.9. The minimum atomic E-state index is -4.50. The van der Waals surface area contributed by atoms with Crippen LogP contribution < -0.4 is 0 Å². The lowest BCUT2D eigenvalue weighted by Crippen LogP contribution is -2.28. The van der Waals surface area contributed by atoms with Gasteiger partial charge in [-0.05, 0) is 25.3 Å². The number of rotatable bonds is 3. The molecule has 2 atom stereocenters. The minimum Gasteiger partial charge on any atom is -0.231 e. The van der Waals surface area contributed by atoms with Crippen LogP contribution in [0.3, 0.4) is 0 Å². The zero-order valence-electron chi connectivity index (χ0n) is 11.3. The van der Waals surface area contributed by atoms with Gasteiger partial charge in [-0.3, -0.25) is 0 Å². The summed E-state index contributed by atoms with van der Waals surface area (Å²) in [5.41, 5.74) is -0.976. The minimum absolute atomic E-state index is 0.0453. The van der Waals surface area contributed by atoms with Gasteiger partial charge >= 0.3 is 6.18 Å². The Balaban J connectivity index is 2.08. The van der Waals surface area contributed by atoms with E-state index in [1.54, 1.807) is 0 Å². The van der Waals surface area contributed by atoms with Gasteiger partial charge in [-0.2, -0.15) is 13.2 Å². The van der Waals surface area contributed by atoms with E-state index in [-0.39, 0.29) is 10.4 Å². The molecule has 1 heterocycles. The molecular formula is C12H15F3N2O2S2. The number of halogens is 3. The van der Waals surface area contributed by atoms with Crippen molar-refractivity contribution in [2.75, 3.05) is 6.26 Å². The molecule has 0 aliphatic heterocycles. The van der Waals surface area contributed by atoms with Crippen molar-refractivity contribution in [2.24, 2.45) is 0 Å². The number of hydrogen-bond donors (Lipinski definition) is 0. The molecule has 0 aromatic carbocycles. The van der Waals surface area contributed by atoms with Gasteiger partial charge in [0.1, 0.15) is 15.5 Å². The summed E-state index contributed by atoms with van der Waals surface area (Å²) < 4.78 is 60.9. The highest BCUT2D eigenvalue weighted by atomic mass is 32.2. The van der Waals surface area contributed by atoms with Gasteiger partial charge in [-0.25, -0.2) is 18.4 Å². The summed E-state index contributed by atoms with van der Waals surface area (Å²) in [5.74, 6) is 0. The first-order valence-corrected chi connectivity index (χ1v) is 9.25. The number of nitrogens with zero attached hydrogens (tertiary/aromatic N) is 2. The van der Waals surface area contributed by atoms with E-state index in [0.29, 0.717) is 12.8 Å². The Bertz CT molecular complexity index is 605. The van der Waals surface area contributed by atoms with Crippen LogP contribution in [0, 0.1) is 0 Å². The molecule has 9 heteroatoms. The molecule has 4 nitrogen and oxygen atoms in total. The Morgan fingerprint density at radius 3 is 2.67 bits per heavy atom. The molecule has 0 spiro atoms. The van der Waals surface area contributed by atoms with Crippen LogP contribution >= 0.6 is 11.8 Å². The maximum Gasteiger partial charge on any atom is 0.433 e. The third-order valence-corrected chi connectivity index (χ3v) is 6.19. The second-order valence-corrected chi connectivity index (χ2v) is 8.67. The van der Waals surface area contributed by atoms with Crippen molar-refractivity contribution in [1.82, 2.24) is 9.97 Å². The summed E-state index contributed by atoms with van der Waals surface area (Å²) in [7, 11) is -3.12. The van der Waals surface area contributed by atoms with Gasteiger partial charge in [-0.1, -0.05) is 18.2 Å². The van der Waals surface area contributed by atoms with Crippen LogP contribution in [0.2, 0.25) is 0 Å². The molecule has 1 aromatic rings. The lowest BCUT2D eigenvalue weighted by Gasteiger charge is -2.26. The number of alkyl halides is 3. The molecule has 2 rings (SSSR count). The number of hydrogen-bond acceptors (Lipinski definition) is 5. The first-order valence-electron chi connectivity index (χ1n) is 6.42. The van der Waals surface area contributed by atoms with Crippen LogP contribution in [0.5, 0.6) is 0 Å². The lowest BCUT2D eigenvalue weighted by atomic mass is 10.00. The Hall–Kier alpha value is -0.830. The summed E-state index contributed by atoms with van der Waals surface area (Å²) in [6.07, 6.45) is 0.327. The standard InChI is InChI=1S/C12H15F3N2O2S2/c1-21(18,19)9-4-2-3-8(7-9)20-11-16-6-5-10(17-11)12(13,14)15/h5-6,8-9H,2-4,7H2,1H3/t8-,9-/m1/s1. The van der Waals surface area contributed by atoms with E-state index in [1.807, 2.05) is 0 Å². The topological polar surface area (TPSA) is 59.9 Å². The van der Waals surface area contributed by atoms with Crippen LogP contribution in [-0.2, 0) is 16.0 Å². The van der Waals surface area contributed by atoms with E-state index in [4.69, 9.17) is 0 Å². The maximum atomic E-state index is 12.6. The van der Waals surface area contributed by atoms with Gasteiger partial charge in [0, 0.05) is 17.7 Å². The summed E-state index contributed by atoms with van der Waals surface area (Å²) >= 11 is 1.13. The van der Waals surface area contributed by atoms with Crippen molar-refractivity contribution in [3.8, 4) is 0 Å². The van der Waals surface area contributed by atoms with Gasteiger partial charge in [0.2, 0.25) is 0 Å². The van der Waals surface area contributed by atoms with Crippen molar-refractivity contribution in [3.05, 3.63) is 18.0 Å². The summed E-state index contributed by atoms with van der Waals surface area (Å²) in [6, 6.07) is 0.824. The summed E-state index contributed by atoms with van der Waals surface area (Å²) in [6.45, 7) is 0. The average molecular weight is 340 g/mol. The third kappa shape index (κ3) is 4.57. The molecule has 0 saturated heterocycles. The van der Waals surface area contributed by atoms with Crippen LogP contribution in [0.15, 0.2) is 17.4 Å². The average Bonchev–Trinajstić information content (AvgIpc) is 2.37. The molecule has 1 fully saturated rings. The highest BCUT2D eigenvalue weighted by molar-refractivity contribution is 7.99. The number of thioether (sulfide) groups is 1. The van der Waals surface area contributed by atoms with Crippen LogP contribution in [0.4, 0.5) is 13.2 Å². The van der Waals surface area contributed by atoms with Crippen molar-refractivity contribution in [1.29, 1.82) is 0 Å². The van der Waals surface area contributed by atoms with Crippen molar-refractivity contribution in [3.63, 3.8) is 0 Å². The lowest BCUT2D eigenvalue weighted by molar-refractivity contribution is -0.141. The fourth-order valence-electron chi connectivity index (χ4n) is 2.30. The van der Waals surface area contributed by atoms with Crippen LogP contribution in [0.25, 0.3) is 0 Å². The molecule has 1 aliphatic rings. The quantitative estimate of drug-likeness (QED) is 0.792. The van der Waals surface area contributed by atoms with Crippen molar-refractivity contribution >= 4 is 21.6 Å². The predicted molar refractivity (Wildman–Crippen MR) is 73.8 cm³/mol. The van der Waals surface area contributed by atoms with E-state index < -0.39 is 27.0 Å². The third-order valence-electron chi connectivity index (χ3n) is 3.38. The molecule has 118 valence electrons. The van der Waals surface area contributed by atoms with E-state index in [2.05, 4.69) is 9.97 Å². The number of aromatic nitrogens is 2. The van der Waals surface area contributed by atoms with Gasteiger partial charge in [-0.15, -0.1) is 0 Å². The van der Waals surface area contributed by atoms with E-state index in [9.17, 15) is 21.6 Å². The Morgan fingerprint density at radius 2 is 2.05 bits per heavy atom. The largest absolute Gasteiger partial charge is 0.433 e. The van der Waals surface area contributed by atoms with Crippen molar-refractivity contribution in [2.45, 2.75) is 47.5 Å². The molecule has 1 saturated carbocycles. The fourth-order valence-corrected chi connectivity index (χ4v) is 4.79. The SMILES string of the molecule is CS(=O)(=O)[C@@H]1CCC[C@@H](Sc2nccc(C(F)(F)F)n2)C1. The Labute approximate surface area is 125 Å². The maximum absolute atomic E-state index is 12.6. The number of sulfone groups is 1. The van der Waals surface area contributed by atoms with Gasteiger partial charge in [0.05, 0.1) is 5.25 Å². The zero-order chi connectivity index (χ0) is 15.7. The molecule has 0 amide bonds. The van der Waals surface area contributed by atoms with E-state index in [1.165, 1.54) is 6.26 Å². The first kappa shape index (κ1) is 16.5. The summed E-state index contributed by atoms with van der Waals surface area (Å²) in [4.78, 5) is 7.34. The molecule has 21 heavy (non-hydrogen) atoms. The van der Waals surface area contributed by atoms with Gasteiger partial charge in [0.15, 0.2) is 5.16 Å². The monoisotopic (exact) mass is 340 g/mol. The highest BCUT2D eigenvalue weighted by Crippen LogP contribution is 2.35. The molecular weight excluding hydrogens is 325 g/mol. The molecule has 0 N–H and O–H groups in total. The predicted octanol–water partition coefficient (Wildman–Crippen LogP) is 2.94. The van der Waals surface area contributed by atoms with Crippen LogP contribution in [-0.4, -0.2) is 35.1 Å². The van der Waals surface area contributed by atoms with Crippen molar-refractivity contribution < 1.29 is 21.6 Å². The molecule has 0 bridgehead atoms. The molecule has 1 aromatic heterocycles. The smallest absolute Gasteiger partial charge is 0.231 e. The van der Waals surface area contributed by atoms with E-state index in [0.717, 1.165) is 36.9 Å². The van der Waals surface area contributed by atoms with Gasteiger partial charge < -0.3 is 0 Å². The first-order chi connectivity index (χ1) is 9.66. The molecule has 0 radical (unpaired) electrons. The highest BCUT2D eigenvalue weighted by Gasteiger charge is 2.34. The molecule has 0 unspecified atom stereocenters. The fraction of sp³-hybridized carbons (Fsp3) is 0.667. The molecule has 1 aliphatic carbocycles. The van der Waals surface area contributed by atoms with Crippen LogP contribution in [0.1, 0.15) is 31.4 Å². The normalized spacial score (nSPS) is 24.0. The Morgan fingerprint density at radius 1 is 1.33 bits per heavy atom. The van der Waals surface area contributed by atoms with E-state index >= 15 is 0 Å². The second kappa shape index (κ2) is 6.12.